The molecule has 0 aliphatic heterocycles. The van der Waals surface area contributed by atoms with Gasteiger partial charge in [-0.05, 0) is 45.8 Å². The lowest BCUT2D eigenvalue weighted by Crippen LogP contribution is -2.00. The second kappa shape index (κ2) is 6.90. The molecular weight excluding hydrogens is 384 g/mol. The van der Waals surface area contributed by atoms with Crippen molar-refractivity contribution in [1.29, 1.82) is 0 Å². The topological polar surface area (TPSA) is 21.3 Å². The molecule has 1 N–H and O–H groups in total. The molecule has 0 spiro atoms. The van der Waals surface area contributed by atoms with Crippen LogP contribution in [0.3, 0.4) is 0 Å². The van der Waals surface area contributed by atoms with Crippen molar-refractivity contribution in [3.05, 3.63) is 55.4 Å². The SMILES string of the molecule is COc1ccc(CNc2ccc(Br)c(Cl)c2Cl)cc1Cl. The number of ether oxygens (including phenoxy) is 1. The summed E-state index contributed by atoms with van der Waals surface area (Å²) < 4.78 is 5.88. The van der Waals surface area contributed by atoms with E-state index in [2.05, 4.69) is 21.2 Å². The van der Waals surface area contributed by atoms with Gasteiger partial charge in [0.1, 0.15) is 5.75 Å². The predicted octanol–water partition coefficient (Wildman–Crippen LogP) is 6.03. The predicted molar refractivity (Wildman–Crippen MR) is 89.5 cm³/mol. The second-order valence-corrected chi connectivity index (χ2v) is 6.06. The molecule has 0 bridgehead atoms. The van der Waals surface area contributed by atoms with E-state index in [1.807, 2.05) is 30.3 Å². The number of hydrogen-bond acceptors (Lipinski definition) is 2. The van der Waals surface area contributed by atoms with Gasteiger partial charge >= 0.3 is 0 Å². The third-order valence-corrected chi connectivity index (χ3v) is 4.80. The summed E-state index contributed by atoms with van der Waals surface area (Å²) in [5, 5.41) is 4.78. The summed E-state index contributed by atoms with van der Waals surface area (Å²) in [5.41, 5.74) is 1.79. The van der Waals surface area contributed by atoms with Gasteiger partial charge < -0.3 is 10.1 Å². The molecule has 0 fully saturated rings. The van der Waals surface area contributed by atoms with Gasteiger partial charge in [-0.1, -0.05) is 40.9 Å². The monoisotopic (exact) mass is 393 g/mol. The molecule has 2 aromatic carbocycles. The van der Waals surface area contributed by atoms with Crippen LogP contribution in [0.5, 0.6) is 5.75 Å². The zero-order valence-corrected chi connectivity index (χ0v) is 14.4. The average molecular weight is 396 g/mol. The molecule has 0 radical (unpaired) electrons. The van der Waals surface area contributed by atoms with Gasteiger partial charge in [0, 0.05) is 11.0 Å². The number of nitrogens with one attached hydrogen (secondary N) is 1. The van der Waals surface area contributed by atoms with E-state index in [1.165, 1.54) is 0 Å². The first-order valence-electron chi connectivity index (χ1n) is 5.72. The van der Waals surface area contributed by atoms with Crippen molar-refractivity contribution in [1.82, 2.24) is 0 Å². The lowest BCUT2D eigenvalue weighted by atomic mass is 10.2. The maximum atomic E-state index is 6.17. The third kappa shape index (κ3) is 3.53. The molecule has 0 heterocycles. The van der Waals surface area contributed by atoms with Crippen molar-refractivity contribution in [3.63, 3.8) is 0 Å². The van der Waals surface area contributed by atoms with Gasteiger partial charge in [-0.3, -0.25) is 0 Å². The summed E-state index contributed by atoms with van der Waals surface area (Å²) in [5.74, 6) is 0.653. The Kier molecular flexibility index (Phi) is 5.44. The van der Waals surface area contributed by atoms with Gasteiger partial charge in [0.15, 0.2) is 0 Å². The summed E-state index contributed by atoms with van der Waals surface area (Å²) in [7, 11) is 1.59. The average Bonchev–Trinajstić information content (AvgIpc) is 2.44. The molecule has 0 aliphatic carbocycles. The van der Waals surface area contributed by atoms with Crippen molar-refractivity contribution in [2.75, 3.05) is 12.4 Å². The number of hydrogen-bond donors (Lipinski definition) is 1. The van der Waals surface area contributed by atoms with Gasteiger partial charge in [0.25, 0.3) is 0 Å². The lowest BCUT2D eigenvalue weighted by Gasteiger charge is -2.11. The maximum absolute atomic E-state index is 6.17. The van der Waals surface area contributed by atoms with E-state index in [-0.39, 0.29) is 0 Å². The Hall–Kier alpha value is -0.610. The third-order valence-electron chi connectivity index (χ3n) is 2.73. The Balaban J connectivity index is 2.13. The smallest absolute Gasteiger partial charge is 0.137 e. The first-order valence-corrected chi connectivity index (χ1v) is 7.65. The molecule has 6 heteroatoms. The van der Waals surface area contributed by atoms with Crippen molar-refractivity contribution >= 4 is 56.4 Å². The molecule has 0 aliphatic rings. The molecule has 2 aromatic rings. The van der Waals surface area contributed by atoms with Crippen LogP contribution in [0.15, 0.2) is 34.8 Å². The van der Waals surface area contributed by atoms with Crippen molar-refractivity contribution < 1.29 is 4.74 Å². The molecule has 20 heavy (non-hydrogen) atoms. The van der Waals surface area contributed by atoms with Crippen LogP contribution in [0, 0.1) is 0 Å². The van der Waals surface area contributed by atoms with Crippen molar-refractivity contribution in [2.45, 2.75) is 6.54 Å². The zero-order valence-electron chi connectivity index (χ0n) is 10.5. The van der Waals surface area contributed by atoms with E-state index >= 15 is 0 Å². The van der Waals surface area contributed by atoms with Crippen LogP contribution in [0.4, 0.5) is 5.69 Å². The fourth-order valence-electron chi connectivity index (χ4n) is 1.68. The molecule has 106 valence electrons. The van der Waals surface area contributed by atoms with Crippen molar-refractivity contribution in [2.24, 2.45) is 0 Å². The van der Waals surface area contributed by atoms with Crippen LogP contribution in [0.25, 0.3) is 0 Å². The molecule has 0 atom stereocenters. The fraction of sp³-hybridized carbons (Fsp3) is 0.143. The first-order chi connectivity index (χ1) is 9.52. The molecule has 0 unspecified atom stereocenters. The van der Waals surface area contributed by atoms with Crippen LogP contribution >= 0.6 is 50.7 Å². The van der Waals surface area contributed by atoms with E-state index < -0.39 is 0 Å². The van der Waals surface area contributed by atoms with Gasteiger partial charge in [0.2, 0.25) is 0 Å². The normalized spacial score (nSPS) is 10.4. The minimum absolute atomic E-state index is 0.487. The molecular formula is C14H11BrCl3NO. The minimum Gasteiger partial charge on any atom is -0.495 e. The quantitative estimate of drug-likeness (QED) is 0.638. The van der Waals surface area contributed by atoms with E-state index in [0.29, 0.717) is 27.4 Å². The molecule has 0 saturated heterocycles. The lowest BCUT2D eigenvalue weighted by molar-refractivity contribution is 0.415. The summed E-state index contributed by atoms with van der Waals surface area (Å²) in [6, 6.07) is 9.32. The molecule has 0 amide bonds. The number of anilines is 1. The number of methoxy groups -OCH3 is 1. The van der Waals surface area contributed by atoms with E-state index in [9.17, 15) is 0 Å². The standard InChI is InChI=1S/C14H11BrCl3NO/c1-20-12-5-2-8(6-10(12)16)7-19-11-4-3-9(15)13(17)14(11)18/h2-6,19H,7H2,1H3. The Morgan fingerprint density at radius 2 is 1.85 bits per heavy atom. The number of benzene rings is 2. The van der Waals surface area contributed by atoms with Crippen molar-refractivity contribution in [3.8, 4) is 5.75 Å². The molecule has 2 nitrogen and oxygen atoms in total. The van der Waals surface area contributed by atoms with Crippen LogP contribution < -0.4 is 10.1 Å². The van der Waals surface area contributed by atoms with Gasteiger partial charge in [-0.15, -0.1) is 0 Å². The minimum atomic E-state index is 0.487. The van der Waals surface area contributed by atoms with Gasteiger partial charge in [0.05, 0.1) is 27.9 Å². The Bertz CT molecular complexity index is 634. The maximum Gasteiger partial charge on any atom is 0.137 e. The van der Waals surface area contributed by atoms with Crippen LogP contribution in [-0.4, -0.2) is 7.11 Å². The summed E-state index contributed by atoms with van der Waals surface area (Å²) >= 11 is 21.7. The Labute approximate surface area is 141 Å². The zero-order chi connectivity index (χ0) is 14.7. The van der Waals surface area contributed by atoms with Crippen LogP contribution in [0.1, 0.15) is 5.56 Å². The highest BCUT2D eigenvalue weighted by atomic mass is 79.9. The number of rotatable bonds is 4. The summed E-state index contributed by atoms with van der Waals surface area (Å²) in [4.78, 5) is 0. The van der Waals surface area contributed by atoms with E-state index in [1.54, 1.807) is 7.11 Å². The molecule has 0 aromatic heterocycles. The van der Waals surface area contributed by atoms with E-state index in [4.69, 9.17) is 39.5 Å². The summed E-state index contributed by atoms with van der Waals surface area (Å²) in [6.45, 7) is 0.585. The highest BCUT2D eigenvalue weighted by molar-refractivity contribution is 9.10. The summed E-state index contributed by atoms with van der Waals surface area (Å²) in [6.07, 6.45) is 0. The van der Waals surface area contributed by atoms with Crippen LogP contribution in [0.2, 0.25) is 15.1 Å². The second-order valence-electron chi connectivity index (χ2n) is 4.05. The van der Waals surface area contributed by atoms with Gasteiger partial charge in [-0.2, -0.15) is 0 Å². The highest BCUT2D eigenvalue weighted by Gasteiger charge is 2.08. The van der Waals surface area contributed by atoms with Crippen LogP contribution in [-0.2, 0) is 6.54 Å². The highest BCUT2D eigenvalue weighted by Crippen LogP contribution is 2.36. The number of halogens is 4. The van der Waals surface area contributed by atoms with Gasteiger partial charge in [-0.25, -0.2) is 0 Å². The Morgan fingerprint density at radius 1 is 1.10 bits per heavy atom. The first kappa shape index (κ1) is 15.8. The van der Waals surface area contributed by atoms with E-state index in [0.717, 1.165) is 15.7 Å². The Morgan fingerprint density at radius 3 is 2.50 bits per heavy atom. The fourth-order valence-corrected chi connectivity index (χ4v) is 2.80. The molecule has 0 saturated carbocycles. The molecule has 2 rings (SSSR count). The largest absolute Gasteiger partial charge is 0.495 e.